The number of nitrogens with two attached hydrogens (primary N) is 1. The number of hydrogen-bond acceptors (Lipinski definition) is 3. The van der Waals surface area contributed by atoms with Crippen molar-refractivity contribution in [2.45, 2.75) is 9.79 Å². The van der Waals surface area contributed by atoms with Gasteiger partial charge in [-0.1, -0.05) is 42.1 Å². The van der Waals surface area contributed by atoms with Crippen LogP contribution in [0.25, 0.3) is 0 Å². The standard InChI is InChI=1S/C14H14N2OS/c1-17-11-7-3-5-9-13(11)18-12-8-4-2-6-10(12)14(15)16/h2-9H,1H3,(H3,15,16). The molecular formula is C14H14N2OS. The Morgan fingerprint density at radius 3 is 2.33 bits per heavy atom. The Balaban J connectivity index is 2.37. The summed E-state index contributed by atoms with van der Waals surface area (Å²) in [4.78, 5) is 1.96. The Kier molecular flexibility index (Phi) is 3.89. The number of ether oxygens (including phenoxy) is 1. The van der Waals surface area contributed by atoms with Gasteiger partial charge in [-0.05, 0) is 18.2 Å². The van der Waals surface area contributed by atoms with E-state index in [1.165, 1.54) is 0 Å². The average molecular weight is 258 g/mol. The lowest BCUT2D eigenvalue weighted by atomic mass is 10.2. The van der Waals surface area contributed by atoms with E-state index in [0.717, 1.165) is 21.1 Å². The molecule has 92 valence electrons. The summed E-state index contributed by atoms with van der Waals surface area (Å²) in [7, 11) is 1.65. The summed E-state index contributed by atoms with van der Waals surface area (Å²) in [6, 6.07) is 15.4. The highest BCUT2D eigenvalue weighted by Crippen LogP contribution is 2.36. The van der Waals surface area contributed by atoms with Crippen molar-refractivity contribution in [3.8, 4) is 5.75 Å². The first-order chi connectivity index (χ1) is 8.72. The molecule has 0 saturated heterocycles. The van der Waals surface area contributed by atoms with Gasteiger partial charge in [0.15, 0.2) is 0 Å². The summed E-state index contributed by atoms with van der Waals surface area (Å²) in [6.07, 6.45) is 0. The van der Waals surface area contributed by atoms with Crippen molar-refractivity contribution in [3.05, 3.63) is 54.1 Å². The molecule has 0 heterocycles. The third-order valence-electron chi connectivity index (χ3n) is 2.47. The number of hydrogen-bond donors (Lipinski definition) is 2. The fourth-order valence-corrected chi connectivity index (χ4v) is 2.67. The molecule has 0 bridgehead atoms. The maximum atomic E-state index is 7.57. The molecule has 4 heteroatoms. The minimum Gasteiger partial charge on any atom is -0.496 e. The van der Waals surface area contributed by atoms with E-state index in [4.69, 9.17) is 15.9 Å². The van der Waals surface area contributed by atoms with Gasteiger partial charge < -0.3 is 10.5 Å². The first kappa shape index (κ1) is 12.5. The van der Waals surface area contributed by atoms with E-state index in [9.17, 15) is 0 Å². The first-order valence-corrected chi connectivity index (χ1v) is 6.28. The van der Waals surface area contributed by atoms with Crippen LogP contribution in [0, 0.1) is 5.41 Å². The van der Waals surface area contributed by atoms with E-state index in [0.29, 0.717) is 0 Å². The molecule has 0 radical (unpaired) electrons. The maximum Gasteiger partial charge on any atom is 0.132 e. The minimum atomic E-state index is 0.0768. The molecule has 3 nitrogen and oxygen atoms in total. The average Bonchev–Trinajstić information content (AvgIpc) is 2.40. The highest BCUT2D eigenvalue weighted by molar-refractivity contribution is 7.99. The predicted molar refractivity (Wildman–Crippen MR) is 74.6 cm³/mol. The van der Waals surface area contributed by atoms with Gasteiger partial charge in [0, 0.05) is 10.5 Å². The predicted octanol–water partition coefficient (Wildman–Crippen LogP) is 3.13. The molecular weight excluding hydrogens is 244 g/mol. The van der Waals surface area contributed by atoms with Crippen molar-refractivity contribution in [1.29, 1.82) is 5.41 Å². The normalized spacial score (nSPS) is 10.1. The first-order valence-electron chi connectivity index (χ1n) is 5.46. The van der Waals surface area contributed by atoms with Gasteiger partial charge in [0.2, 0.25) is 0 Å². The topological polar surface area (TPSA) is 59.1 Å². The van der Waals surface area contributed by atoms with Gasteiger partial charge in [0.1, 0.15) is 11.6 Å². The number of benzene rings is 2. The lowest BCUT2D eigenvalue weighted by molar-refractivity contribution is 0.405. The van der Waals surface area contributed by atoms with Gasteiger partial charge in [-0.25, -0.2) is 0 Å². The SMILES string of the molecule is COc1ccccc1Sc1ccccc1C(=N)N. The number of nitrogen functional groups attached to an aromatic ring is 1. The summed E-state index contributed by atoms with van der Waals surface area (Å²) in [6.45, 7) is 0. The Hall–Kier alpha value is -1.94. The van der Waals surface area contributed by atoms with E-state index < -0.39 is 0 Å². The van der Waals surface area contributed by atoms with Crippen molar-refractivity contribution in [1.82, 2.24) is 0 Å². The molecule has 0 atom stereocenters. The third kappa shape index (κ3) is 2.65. The molecule has 0 fully saturated rings. The van der Waals surface area contributed by atoms with Crippen LogP contribution in [0.4, 0.5) is 0 Å². The Bertz CT molecular complexity index is 569. The quantitative estimate of drug-likeness (QED) is 0.654. The zero-order valence-corrected chi connectivity index (χ0v) is 10.8. The summed E-state index contributed by atoms with van der Waals surface area (Å²) in [5, 5.41) is 7.57. The van der Waals surface area contributed by atoms with E-state index in [1.54, 1.807) is 18.9 Å². The van der Waals surface area contributed by atoms with Crippen molar-refractivity contribution in [2.24, 2.45) is 5.73 Å². The van der Waals surface area contributed by atoms with Crippen molar-refractivity contribution < 1.29 is 4.74 Å². The van der Waals surface area contributed by atoms with E-state index >= 15 is 0 Å². The fraction of sp³-hybridized carbons (Fsp3) is 0.0714. The molecule has 0 spiro atoms. The van der Waals surface area contributed by atoms with Gasteiger partial charge in [-0.2, -0.15) is 0 Å². The lowest BCUT2D eigenvalue weighted by Gasteiger charge is -2.10. The minimum absolute atomic E-state index is 0.0768. The number of para-hydroxylation sites is 1. The summed E-state index contributed by atoms with van der Waals surface area (Å²) in [5.41, 5.74) is 6.32. The van der Waals surface area contributed by atoms with Crippen LogP contribution in [0.2, 0.25) is 0 Å². The number of methoxy groups -OCH3 is 1. The molecule has 18 heavy (non-hydrogen) atoms. The molecule has 2 aromatic rings. The number of rotatable bonds is 4. The van der Waals surface area contributed by atoms with Crippen LogP contribution in [-0.2, 0) is 0 Å². The van der Waals surface area contributed by atoms with Gasteiger partial charge in [0.25, 0.3) is 0 Å². The highest BCUT2D eigenvalue weighted by atomic mass is 32.2. The van der Waals surface area contributed by atoms with Crippen LogP contribution in [0.1, 0.15) is 5.56 Å². The van der Waals surface area contributed by atoms with E-state index in [2.05, 4.69) is 0 Å². The van der Waals surface area contributed by atoms with Crippen LogP contribution in [0.3, 0.4) is 0 Å². The van der Waals surface area contributed by atoms with Gasteiger partial charge in [-0.3, -0.25) is 5.41 Å². The zero-order valence-electron chi connectivity index (χ0n) is 10.0. The van der Waals surface area contributed by atoms with Crippen LogP contribution >= 0.6 is 11.8 Å². The highest BCUT2D eigenvalue weighted by Gasteiger charge is 2.09. The van der Waals surface area contributed by atoms with Gasteiger partial charge >= 0.3 is 0 Å². The molecule has 0 unspecified atom stereocenters. The second-order valence-electron chi connectivity index (χ2n) is 3.66. The lowest BCUT2D eigenvalue weighted by Crippen LogP contribution is -2.11. The van der Waals surface area contributed by atoms with Crippen LogP contribution < -0.4 is 10.5 Å². The van der Waals surface area contributed by atoms with Crippen LogP contribution in [0.15, 0.2) is 58.3 Å². The molecule has 0 aliphatic rings. The van der Waals surface area contributed by atoms with Crippen molar-refractivity contribution >= 4 is 17.6 Å². The number of nitrogens with one attached hydrogen (secondary N) is 1. The summed E-state index contributed by atoms with van der Waals surface area (Å²) < 4.78 is 5.31. The molecule has 0 amide bonds. The van der Waals surface area contributed by atoms with Gasteiger partial charge in [-0.15, -0.1) is 0 Å². The van der Waals surface area contributed by atoms with Crippen molar-refractivity contribution in [3.63, 3.8) is 0 Å². The molecule has 3 N–H and O–H groups in total. The van der Waals surface area contributed by atoms with Gasteiger partial charge in [0.05, 0.1) is 12.0 Å². The smallest absolute Gasteiger partial charge is 0.132 e. The fourth-order valence-electron chi connectivity index (χ4n) is 1.60. The summed E-state index contributed by atoms with van der Waals surface area (Å²) in [5.74, 6) is 0.897. The second kappa shape index (κ2) is 5.60. The van der Waals surface area contributed by atoms with E-state index in [1.807, 2.05) is 48.5 Å². The summed E-state index contributed by atoms with van der Waals surface area (Å²) >= 11 is 1.55. The molecule has 2 rings (SSSR count). The molecule has 2 aromatic carbocycles. The Morgan fingerprint density at radius 1 is 1.06 bits per heavy atom. The van der Waals surface area contributed by atoms with E-state index in [-0.39, 0.29) is 5.84 Å². The van der Waals surface area contributed by atoms with Crippen LogP contribution in [0.5, 0.6) is 5.75 Å². The molecule has 0 aromatic heterocycles. The van der Waals surface area contributed by atoms with Crippen molar-refractivity contribution in [2.75, 3.05) is 7.11 Å². The second-order valence-corrected chi connectivity index (χ2v) is 4.75. The Morgan fingerprint density at radius 2 is 1.67 bits per heavy atom. The monoisotopic (exact) mass is 258 g/mol. The number of amidine groups is 1. The zero-order chi connectivity index (χ0) is 13.0. The molecule has 0 saturated carbocycles. The van der Waals surface area contributed by atoms with Crippen LogP contribution in [-0.4, -0.2) is 12.9 Å². The maximum absolute atomic E-state index is 7.57. The Labute approximate surface area is 110 Å². The molecule has 0 aliphatic carbocycles. The largest absolute Gasteiger partial charge is 0.496 e. The third-order valence-corrected chi connectivity index (χ3v) is 3.60. The molecule has 0 aliphatic heterocycles.